The van der Waals surface area contributed by atoms with E-state index in [2.05, 4.69) is 5.32 Å². The van der Waals surface area contributed by atoms with Crippen LogP contribution in [0, 0.1) is 0 Å². The molecule has 0 radical (unpaired) electrons. The van der Waals surface area contributed by atoms with E-state index in [0.717, 1.165) is 12.8 Å². The SMILES string of the molecule is CN(CC1CCCO1)C(=O)NC(=O)CCC(=O)O. The number of urea groups is 1. The first-order chi connectivity index (χ1) is 8.49. The largest absolute Gasteiger partial charge is 0.481 e. The molecule has 0 aromatic rings. The van der Waals surface area contributed by atoms with Gasteiger partial charge in [0.25, 0.3) is 0 Å². The molecule has 7 heteroatoms. The summed E-state index contributed by atoms with van der Waals surface area (Å²) in [7, 11) is 1.57. The summed E-state index contributed by atoms with van der Waals surface area (Å²) in [6.45, 7) is 1.13. The molecule has 1 rings (SSSR count). The van der Waals surface area contributed by atoms with E-state index in [0.29, 0.717) is 13.2 Å². The Morgan fingerprint density at radius 3 is 2.67 bits per heavy atom. The van der Waals surface area contributed by atoms with Crippen molar-refractivity contribution in [1.82, 2.24) is 10.2 Å². The number of imide groups is 1. The Morgan fingerprint density at radius 1 is 1.39 bits per heavy atom. The van der Waals surface area contributed by atoms with Crippen LogP contribution < -0.4 is 5.32 Å². The first-order valence-electron chi connectivity index (χ1n) is 5.87. The van der Waals surface area contributed by atoms with E-state index in [1.54, 1.807) is 7.05 Å². The van der Waals surface area contributed by atoms with E-state index in [4.69, 9.17) is 9.84 Å². The molecule has 2 N–H and O–H groups in total. The number of hydrogen-bond donors (Lipinski definition) is 2. The minimum atomic E-state index is -1.06. The average molecular weight is 258 g/mol. The van der Waals surface area contributed by atoms with E-state index >= 15 is 0 Å². The first kappa shape index (κ1) is 14.4. The first-order valence-corrected chi connectivity index (χ1v) is 5.87. The highest BCUT2D eigenvalue weighted by molar-refractivity contribution is 5.95. The van der Waals surface area contributed by atoms with E-state index in [9.17, 15) is 14.4 Å². The molecule has 0 bridgehead atoms. The van der Waals surface area contributed by atoms with Gasteiger partial charge in [-0.1, -0.05) is 0 Å². The summed E-state index contributed by atoms with van der Waals surface area (Å²) in [5.74, 6) is -1.65. The van der Waals surface area contributed by atoms with E-state index < -0.39 is 17.9 Å². The zero-order chi connectivity index (χ0) is 13.5. The highest BCUT2D eigenvalue weighted by Gasteiger charge is 2.21. The highest BCUT2D eigenvalue weighted by Crippen LogP contribution is 2.12. The molecule has 1 fully saturated rings. The molecule has 102 valence electrons. The zero-order valence-electron chi connectivity index (χ0n) is 10.3. The summed E-state index contributed by atoms with van der Waals surface area (Å²) in [5, 5.41) is 10.5. The molecule has 18 heavy (non-hydrogen) atoms. The third kappa shape index (κ3) is 5.13. The predicted molar refractivity (Wildman–Crippen MR) is 62.0 cm³/mol. The molecule has 7 nitrogen and oxygen atoms in total. The van der Waals surface area contributed by atoms with Gasteiger partial charge in [0.15, 0.2) is 0 Å². The fourth-order valence-corrected chi connectivity index (χ4v) is 1.67. The molecule has 0 aromatic heterocycles. The third-order valence-electron chi connectivity index (χ3n) is 2.66. The van der Waals surface area contributed by atoms with Crippen molar-refractivity contribution in [3.05, 3.63) is 0 Å². The van der Waals surface area contributed by atoms with E-state index in [1.165, 1.54) is 4.90 Å². The lowest BCUT2D eigenvalue weighted by atomic mass is 10.2. The number of carbonyl (C=O) groups excluding carboxylic acids is 2. The van der Waals surface area contributed by atoms with Crippen LogP contribution in [0.4, 0.5) is 4.79 Å². The van der Waals surface area contributed by atoms with Crippen molar-refractivity contribution >= 4 is 17.9 Å². The number of hydrogen-bond acceptors (Lipinski definition) is 4. The van der Waals surface area contributed by atoms with Crippen molar-refractivity contribution in [3.8, 4) is 0 Å². The number of likely N-dealkylation sites (N-methyl/N-ethyl adjacent to an activating group) is 1. The quantitative estimate of drug-likeness (QED) is 0.734. The number of amides is 3. The van der Waals surface area contributed by atoms with Crippen molar-refractivity contribution in [2.75, 3.05) is 20.2 Å². The Kier molecular flexibility index (Phi) is 5.57. The van der Waals surface area contributed by atoms with Crippen LogP contribution in [-0.2, 0) is 14.3 Å². The molecule has 0 saturated carbocycles. The number of carboxylic acids is 1. The lowest BCUT2D eigenvalue weighted by Crippen LogP contribution is -2.43. The molecule has 0 spiro atoms. The molecular weight excluding hydrogens is 240 g/mol. The molecule has 1 aliphatic rings. The summed E-state index contributed by atoms with van der Waals surface area (Å²) in [6.07, 6.45) is 1.43. The lowest BCUT2D eigenvalue weighted by molar-refractivity contribution is -0.138. The van der Waals surface area contributed by atoms with E-state index in [-0.39, 0.29) is 18.9 Å². The zero-order valence-corrected chi connectivity index (χ0v) is 10.3. The second kappa shape index (κ2) is 6.95. The average Bonchev–Trinajstić information content (AvgIpc) is 2.79. The van der Waals surface area contributed by atoms with Crippen LogP contribution in [0.1, 0.15) is 25.7 Å². The van der Waals surface area contributed by atoms with Crippen LogP contribution in [0.2, 0.25) is 0 Å². The van der Waals surface area contributed by atoms with Crippen molar-refractivity contribution in [1.29, 1.82) is 0 Å². The van der Waals surface area contributed by atoms with Gasteiger partial charge in [0.2, 0.25) is 5.91 Å². The topological polar surface area (TPSA) is 95.9 Å². The number of ether oxygens (including phenoxy) is 1. The van der Waals surface area contributed by atoms with Crippen LogP contribution in [-0.4, -0.2) is 54.2 Å². The summed E-state index contributed by atoms with van der Waals surface area (Å²) < 4.78 is 5.37. The van der Waals surface area contributed by atoms with Gasteiger partial charge in [0.05, 0.1) is 12.5 Å². The number of carbonyl (C=O) groups is 3. The molecule has 1 atom stereocenters. The maximum Gasteiger partial charge on any atom is 0.323 e. The normalized spacial score (nSPS) is 18.4. The predicted octanol–water partition coefficient (Wildman–Crippen LogP) is 0.198. The van der Waals surface area contributed by atoms with Crippen LogP contribution >= 0.6 is 0 Å². The van der Waals surface area contributed by atoms with Gasteiger partial charge in [-0.2, -0.15) is 0 Å². The van der Waals surface area contributed by atoms with Gasteiger partial charge < -0.3 is 14.7 Å². The van der Waals surface area contributed by atoms with Crippen molar-refractivity contribution in [2.45, 2.75) is 31.8 Å². The number of aliphatic carboxylic acids is 1. The summed E-state index contributed by atoms with van der Waals surface area (Å²) in [6, 6.07) is -0.527. The smallest absolute Gasteiger partial charge is 0.323 e. The summed E-state index contributed by atoms with van der Waals surface area (Å²) in [4.78, 5) is 34.5. The molecule has 1 aliphatic heterocycles. The third-order valence-corrected chi connectivity index (χ3v) is 2.66. The summed E-state index contributed by atoms with van der Waals surface area (Å²) >= 11 is 0. The second-order valence-electron chi connectivity index (χ2n) is 4.26. The van der Waals surface area contributed by atoms with Crippen LogP contribution in [0.15, 0.2) is 0 Å². The molecular formula is C11H18N2O5. The highest BCUT2D eigenvalue weighted by atomic mass is 16.5. The molecule has 1 unspecified atom stereocenters. The molecule has 0 aromatic carbocycles. The fraction of sp³-hybridized carbons (Fsp3) is 0.727. The van der Waals surface area contributed by atoms with Gasteiger partial charge in [0, 0.05) is 26.6 Å². The number of rotatable bonds is 5. The maximum atomic E-state index is 11.6. The lowest BCUT2D eigenvalue weighted by Gasteiger charge is -2.20. The van der Waals surface area contributed by atoms with Crippen LogP contribution in [0.25, 0.3) is 0 Å². The number of nitrogens with one attached hydrogen (secondary N) is 1. The molecule has 0 aliphatic carbocycles. The Hall–Kier alpha value is -1.63. The Labute approximate surface area is 105 Å². The summed E-state index contributed by atoms with van der Waals surface area (Å²) in [5.41, 5.74) is 0. The van der Waals surface area contributed by atoms with E-state index in [1.807, 2.05) is 0 Å². The maximum absolute atomic E-state index is 11.6. The minimum absolute atomic E-state index is 0.0230. The Balaban J connectivity index is 2.25. The molecule has 1 saturated heterocycles. The van der Waals surface area contributed by atoms with Gasteiger partial charge in [-0.25, -0.2) is 4.79 Å². The van der Waals surface area contributed by atoms with Crippen molar-refractivity contribution in [2.24, 2.45) is 0 Å². The standard InChI is InChI=1S/C11H18N2O5/c1-13(7-8-3-2-6-18-8)11(17)12-9(14)4-5-10(15)16/h8H,2-7H2,1H3,(H,15,16)(H,12,14,17). The number of carboxylic acid groups (broad SMARTS) is 1. The van der Waals surface area contributed by atoms with Crippen molar-refractivity contribution < 1.29 is 24.2 Å². The Morgan fingerprint density at radius 2 is 2.11 bits per heavy atom. The van der Waals surface area contributed by atoms with Crippen LogP contribution in [0.3, 0.4) is 0 Å². The monoisotopic (exact) mass is 258 g/mol. The van der Waals surface area contributed by atoms with Crippen LogP contribution in [0.5, 0.6) is 0 Å². The van der Waals surface area contributed by atoms with Crippen molar-refractivity contribution in [3.63, 3.8) is 0 Å². The molecule has 3 amide bonds. The van der Waals surface area contributed by atoms with Gasteiger partial charge in [0.1, 0.15) is 0 Å². The second-order valence-corrected chi connectivity index (χ2v) is 4.26. The van der Waals surface area contributed by atoms with Gasteiger partial charge in [-0.3, -0.25) is 14.9 Å². The fourth-order valence-electron chi connectivity index (χ4n) is 1.67. The van der Waals surface area contributed by atoms with Gasteiger partial charge >= 0.3 is 12.0 Å². The minimum Gasteiger partial charge on any atom is -0.481 e. The Bertz CT molecular complexity index is 325. The van der Waals surface area contributed by atoms with Gasteiger partial charge in [-0.15, -0.1) is 0 Å². The van der Waals surface area contributed by atoms with Gasteiger partial charge in [-0.05, 0) is 12.8 Å². The number of nitrogens with zero attached hydrogens (tertiary/aromatic N) is 1. The molecule has 1 heterocycles.